The van der Waals surface area contributed by atoms with E-state index < -0.39 is 0 Å². The summed E-state index contributed by atoms with van der Waals surface area (Å²) in [7, 11) is 0. The summed E-state index contributed by atoms with van der Waals surface area (Å²) in [5, 5.41) is 0. The van der Waals surface area contributed by atoms with Gasteiger partial charge in [0.1, 0.15) is 5.78 Å². The molecule has 1 aliphatic heterocycles. The Labute approximate surface area is 129 Å². The van der Waals surface area contributed by atoms with Crippen LogP contribution in [-0.2, 0) is 9.53 Å². The molecule has 0 bridgehead atoms. The van der Waals surface area contributed by atoms with Crippen molar-refractivity contribution in [1.82, 2.24) is 0 Å². The number of Topliss-reactive ketones (excluding diaryl/α,β-unsaturated/α-hetero) is 1. The van der Waals surface area contributed by atoms with Crippen LogP contribution in [0.1, 0.15) is 70.6 Å². The molecular weight excluding hydrogens is 262 g/mol. The molecule has 1 saturated heterocycles. The molecule has 3 fully saturated rings. The summed E-state index contributed by atoms with van der Waals surface area (Å²) < 4.78 is 6.15. The lowest BCUT2D eigenvalue weighted by Gasteiger charge is -2.44. The third-order valence-corrected chi connectivity index (χ3v) is 6.24. The zero-order valence-corrected chi connectivity index (χ0v) is 13.3. The van der Waals surface area contributed by atoms with E-state index >= 15 is 0 Å². The molecule has 0 aromatic rings. The van der Waals surface area contributed by atoms with Crippen molar-refractivity contribution in [2.24, 2.45) is 23.5 Å². The van der Waals surface area contributed by atoms with Gasteiger partial charge < -0.3 is 10.5 Å². The highest BCUT2D eigenvalue weighted by Crippen LogP contribution is 2.43. The van der Waals surface area contributed by atoms with Crippen molar-refractivity contribution >= 4 is 5.78 Å². The number of hydrogen-bond acceptors (Lipinski definition) is 3. The van der Waals surface area contributed by atoms with Gasteiger partial charge in [0.15, 0.2) is 0 Å². The van der Waals surface area contributed by atoms with Crippen LogP contribution >= 0.6 is 0 Å². The van der Waals surface area contributed by atoms with Crippen LogP contribution in [0.3, 0.4) is 0 Å². The summed E-state index contributed by atoms with van der Waals surface area (Å²) in [6.45, 7) is 1.47. The summed E-state index contributed by atoms with van der Waals surface area (Å²) in [5.41, 5.74) is 5.97. The summed E-state index contributed by atoms with van der Waals surface area (Å²) in [6, 6.07) is 0. The minimum absolute atomic E-state index is 0.0453. The van der Waals surface area contributed by atoms with E-state index in [1.807, 2.05) is 0 Å². The van der Waals surface area contributed by atoms with E-state index in [2.05, 4.69) is 0 Å². The predicted octanol–water partition coefficient (Wildman–Crippen LogP) is 3.45. The number of hydrogen-bond donors (Lipinski definition) is 1. The molecule has 0 amide bonds. The highest BCUT2D eigenvalue weighted by Gasteiger charge is 2.43. The Bertz CT molecular complexity index is 357. The normalized spacial score (nSPS) is 36.5. The summed E-state index contributed by atoms with van der Waals surface area (Å²) in [4.78, 5) is 13.0. The Morgan fingerprint density at radius 1 is 1.05 bits per heavy atom. The molecule has 21 heavy (non-hydrogen) atoms. The molecule has 3 nitrogen and oxygen atoms in total. The molecule has 0 radical (unpaired) electrons. The summed E-state index contributed by atoms with van der Waals surface area (Å²) in [6.07, 6.45) is 12.8. The van der Waals surface area contributed by atoms with Gasteiger partial charge in [-0.1, -0.05) is 32.1 Å². The Balaban J connectivity index is 1.66. The standard InChI is InChI=1S/C18H31NO2/c19-13-15-6-2-3-7-16(15)17(20)14-8-11-21-18(12-14)9-4-1-5-10-18/h14-16H,1-13,19H2. The fourth-order valence-corrected chi connectivity index (χ4v) is 4.98. The van der Waals surface area contributed by atoms with Gasteiger partial charge in [0.25, 0.3) is 0 Å². The molecule has 3 heteroatoms. The summed E-state index contributed by atoms with van der Waals surface area (Å²) >= 11 is 0. The van der Waals surface area contributed by atoms with Gasteiger partial charge in [-0.25, -0.2) is 0 Å². The zero-order valence-electron chi connectivity index (χ0n) is 13.3. The molecular formula is C18H31NO2. The molecule has 2 aliphatic carbocycles. The molecule has 3 aliphatic rings. The molecule has 0 aromatic carbocycles. The number of nitrogens with two attached hydrogens (primary N) is 1. The van der Waals surface area contributed by atoms with E-state index in [0.717, 1.165) is 32.3 Å². The average molecular weight is 293 g/mol. The van der Waals surface area contributed by atoms with E-state index in [4.69, 9.17) is 10.5 Å². The van der Waals surface area contributed by atoms with E-state index in [9.17, 15) is 4.79 Å². The third-order valence-electron chi connectivity index (χ3n) is 6.24. The predicted molar refractivity (Wildman–Crippen MR) is 84.0 cm³/mol. The maximum absolute atomic E-state index is 13.0. The molecule has 3 rings (SSSR count). The Hall–Kier alpha value is -0.410. The van der Waals surface area contributed by atoms with Crippen LogP contribution in [0.15, 0.2) is 0 Å². The van der Waals surface area contributed by atoms with Gasteiger partial charge in [-0.05, 0) is 51.0 Å². The maximum atomic E-state index is 13.0. The molecule has 3 atom stereocenters. The number of carbonyl (C=O) groups is 1. The SMILES string of the molecule is NCC1CCCCC1C(=O)C1CCOC2(CCCCC2)C1. The van der Waals surface area contributed by atoms with Gasteiger partial charge in [-0.2, -0.15) is 0 Å². The first-order valence-corrected chi connectivity index (χ1v) is 9.12. The Kier molecular flexibility index (Phi) is 5.00. The smallest absolute Gasteiger partial charge is 0.139 e. The topological polar surface area (TPSA) is 52.3 Å². The summed E-state index contributed by atoms with van der Waals surface area (Å²) in [5.74, 6) is 1.45. The Morgan fingerprint density at radius 3 is 2.57 bits per heavy atom. The average Bonchev–Trinajstić information content (AvgIpc) is 2.55. The van der Waals surface area contributed by atoms with Crippen LogP contribution in [0.5, 0.6) is 0 Å². The van der Waals surface area contributed by atoms with Gasteiger partial charge >= 0.3 is 0 Å². The molecule has 120 valence electrons. The number of ether oxygens (including phenoxy) is 1. The zero-order chi connectivity index (χ0) is 14.7. The highest BCUT2D eigenvalue weighted by atomic mass is 16.5. The Morgan fingerprint density at radius 2 is 1.81 bits per heavy atom. The fourth-order valence-electron chi connectivity index (χ4n) is 4.98. The van der Waals surface area contributed by atoms with E-state index in [-0.39, 0.29) is 17.4 Å². The monoisotopic (exact) mass is 293 g/mol. The first kappa shape index (κ1) is 15.5. The minimum Gasteiger partial charge on any atom is -0.375 e. The van der Waals surface area contributed by atoms with Crippen molar-refractivity contribution in [1.29, 1.82) is 0 Å². The van der Waals surface area contributed by atoms with Crippen molar-refractivity contribution in [3.05, 3.63) is 0 Å². The van der Waals surface area contributed by atoms with Crippen molar-refractivity contribution in [3.63, 3.8) is 0 Å². The van der Waals surface area contributed by atoms with Crippen molar-refractivity contribution in [3.8, 4) is 0 Å². The van der Waals surface area contributed by atoms with E-state index in [1.165, 1.54) is 44.9 Å². The molecule has 2 saturated carbocycles. The second-order valence-corrected chi connectivity index (χ2v) is 7.57. The van der Waals surface area contributed by atoms with Crippen molar-refractivity contribution in [2.75, 3.05) is 13.2 Å². The first-order valence-electron chi connectivity index (χ1n) is 9.12. The van der Waals surface area contributed by atoms with Crippen LogP contribution < -0.4 is 5.73 Å². The number of ketones is 1. The van der Waals surface area contributed by atoms with Gasteiger partial charge in [-0.15, -0.1) is 0 Å². The van der Waals surface area contributed by atoms with Gasteiger partial charge in [0.05, 0.1) is 5.60 Å². The fraction of sp³-hybridized carbons (Fsp3) is 0.944. The number of carbonyl (C=O) groups excluding carboxylic acids is 1. The number of rotatable bonds is 3. The highest BCUT2D eigenvalue weighted by molar-refractivity contribution is 5.84. The maximum Gasteiger partial charge on any atom is 0.139 e. The van der Waals surface area contributed by atoms with Crippen LogP contribution in [0.4, 0.5) is 0 Å². The lowest BCUT2D eigenvalue weighted by molar-refractivity contribution is -0.148. The lowest BCUT2D eigenvalue weighted by atomic mass is 9.69. The van der Waals surface area contributed by atoms with Gasteiger partial charge in [0, 0.05) is 18.4 Å². The molecule has 0 aromatic heterocycles. The molecule has 3 unspecified atom stereocenters. The van der Waals surface area contributed by atoms with Crippen molar-refractivity contribution < 1.29 is 9.53 Å². The molecule has 1 spiro atoms. The second kappa shape index (κ2) is 6.78. The van der Waals surface area contributed by atoms with Gasteiger partial charge in [-0.3, -0.25) is 4.79 Å². The first-order chi connectivity index (χ1) is 10.2. The quantitative estimate of drug-likeness (QED) is 0.867. The lowest BCUT2D eigenvalue weighted by Crippen LogP contribution is -2.46. The van der Waals surface area contributed by atoms with E-state index in [1.54, 1.807) is 0 Å². The largest absolute Gasteiger partial charge is 0.375 e. The second-order valence-electron chi connectivity index (χ2n) is 7.57. The minimum atomic E-state index is 0.0453. The van der Waals surface area contributed by atoms with Crippen LogP contribution in [0, 0.1) is 17.8 Å². The van der Waals surface area contributed by atoms with Crippen LogP contribution in [0.2, 0.25) is 0 Å². The van der Waals surface area contributed by atoms with Gasteiger partial charge in [0.2, 0.25) is 0 Å². The molecule has 1 heterocycles. The van der Waals surface area contributed by atoms with E-state index in [0.29, 0.717) is 18.2 Å². The third kappa shape index (κ3) is 3.34. The molecule has 2 N–H and O–H groups in total. The van der Waals surface area contributed by atoms with Crippen LogP contribution in [-0.4, -0.2) is 24.5 Å². The van der Waals surface area contributed by atoms with Crippen LogP contribution in [0.25, 0.3) is 0 Å². The van der Waals surface area contributed by atoms with Crippen molar-refractivity contribution in [2.45, 2.75) is 76.2 Å².